The first-order chi connectivity index (χ1) is 12.6. The van der Waals surface area contributed by atoms with Crippen LogP contribution in [0.4, 0.5) is 0 Å². The zero-order valence-corrected chi connectivity index (χ0v) is 14.9. The van der Waals surface area contributed by atoms with Gasteiger partial charge in [-0.2, -0.15) is 0 Å². The van der Waals surface area contributed by atoms with Gasteiger partial charge < -0.3 is 4.57 Å². The van der Waals surface area contributed by atoms with E-state index in [1.54, 1.807) is 0 Å². The second-order valence-electron chi connectivity index (χ2n) is 6.68. The fourth-order valence-corrected chi connectivity index (χ4v) is 3.22. The van der Waals surface area contributed by atoms with E-state index in [-0.39, 0.29) is 5.78 Å². The van der Waals surface area contributed by atoms with Crippen molar-refractivity contribution in [1.29, 1.82) is 0 Å². The van der Waals surface area contributed by atoms with Gasteiger partial charge in [-0.25, -0.2) is 0 Å². The zero-order valence-electron chi connectivity index (χ0n) is 14.9. The van der Waals surface area contributed by atoms with Gasteiger partial charge in [0.15, 0.2) is 0 Å². The highest BCUT2D eigenvalue weighted by atomic mass is 16.1. The molecule has 4 aromatic rings. The van der Waals surface area contributed by atoms with E-state index in [1.807, 2.05) is 74.6 Å². The molecule has 0 saturated heterocycles. The van der Waals surface area contributed by atoms with Crippen LogP contribution in [0, 0.1) is 13.8 Å². The van der Waals surface area contributed by atoms with Crippen LogP contribution in [-0.4, -0.2) is 15.3 Å². The lowest BCUT2D eigenvalue weighted by Gasteiger charge is -2.12. The van der Waals surface area contributed by atoms with Gasteiger partial charge >= 0.3 is 0 Å². The molecule has 0 aliphatic carbocycles. The summed E-state index contributed by atoms with van der Waals surface area (Å²) in [5.74, 6) is 0.0480. The number of rotatable bonds is 4. The highest BCUT2D eigenvalue weighted by molar-refractivity contribution is 6.08. The van der Waals surface area contributed by atoms with E-state index in [0.717, 1.165) is 27.7 Å². The predicted molar refractivity (Wildman–Crippen MR) is 105 cm³/mol. The van der Waals surface area contributed by atoms with Crippen LogP contribution < -0.4 is 0 Å². The SMILES string of the molecule is Cc1ccc(C(=O)c2ccc(C)n2Cc2cnc3ccccc3c2)cc1. The Kier molecular flexibility index (Phi) is 4.13. The smallest absolute Gasteiger partial charge is 0.209 e. The molecule has 0 aliphatic rings. The molecule has 26 heavy (non-hydrogen) atoms. The van der Waals surface area contributed by atoms with E-state index in [2.05, 4.69) is 21.7 Å². The van der Waals surface area contributed by atoms with E-state index in [0.29, 0.717) is 17.8 Å². The minimum atomic E-state index is 0.0480. The molecule has 0 bridgehead atoms. The summed E-state index contributed by atoms with van der Waals surface area (Å²) in [5.41, 5.74) is 5.70. The fourth-order valence-electron chi connectivity index (χ4n) is 3.22. The lowest BCUT2D eigenvalue weighted by Crippen LogP contribution is -2.12. The van der Waals surface area contributed by atoms with Crippen molar-refractivity contribution in [2.24, 2.45) is 0 Å². The van der Waals surface area contributed by atoms with Gasteiger partial charge in [0.2, 0.25) is 5.78 Å². The van der Waals surface area contributed by atoms with E-state index in [9.17, 15) is 4.79 Å². The summed E-state index contributed by atoms with van der Waals surface area (Å²) in [5, 5.41) is 1.11. The summed E-state index contributed by atoms with van der Waals surface area (Å²) in [6.45, 7) is 4.68. The van der Waals surface area contributed by atoms with Gasteiger partial charge in [0.05, 0.1) is 11.2 Å². The summed E-state index contributed by atoms with van der Waals surface area (Å²) < 4.78 is 2.06. The van der Waals surface area contributed by atoms with Gasteiger partial charge in [0.25, 0.3) is 0 Å². The molecule has 2 heterocycles. The lowest BCUT2D eigenvalue weighted by atomic mass is 10.1. The van der Waals surface area contributed by atoms with Crippen LogP contribution in [0.25, 0.3) is 10.9 Å². The minimum absolute atomic E-state index is 0.0480. The van der Waals surface area contributed by atoms with Crippen LogP contribution >= 0.6 is 0 Å². The molecule has 4 rings (SSSR count). The molecule has 0 saturated carbocycles. The number of ketones is 1. The Morgan fingerprint density at radius 1 is 0.962 bits per heavy atom. The number of benzene rings is 2. The first-order valence-electron chi connectivity index (χ1n) is 8.73. The summed E-state index contributed by atoms with van der Waals surface area (Å²) in [6.07, 6.45) is 1.89. The first kappa shape index (κ1) is 16.3. The van der Waals surface area contributed by atoms with Crippen molar-refractivity contribution >= 4 is 16.7 Å². The third-order valence-electron chi connectivity index (χ3n) is 4.73. The number of aromatic nitrogens is 2. The van der Waals surface area contributed by atoms with E-state index >= 15 is 0 Å². The molecular formula is C23H20N2O. The molecule has 0 unspecified atom stereocenters. The summed E-state index contributed by atoms with van der Waals surface area (Å²) >= 11 is 0. The number of fused-ring (bicyclic) bond motifs is 1. The monoisotopic (exact) mass is 340 g/mol. The van der Waals surface area contributed by atoms with Crippen molar-refractivity contribution in [1.82, 2.24) is 9.55 Å². The average molecular weight is 340 g/mol. The maximum Gasteiger partial charge on any atom is 0.209 e. The standard InChI is InChI=1S/C23H20N2O/c1-16-7-10-19(11-8-16)23(26)22-12-9-17(2)25(22)15-18-13-20-5-3-4-6-21(20)24-14-18/h3-14H,15H2,1-2H3. The number of nitrogens with zero attached hydrogens (tertiary/aromatic N) is 2. The van der Waals surface area contributed by atoms with Gasteiger partial charge in [-0.05, 0) is 43.7 Å². The molecule has 3 nitrogen and oxygen atoms in total. The molecule has 0 aliphatic heterocycles. The maximum absolute atomic E-state index is 13.0. The van der Waals surface area contributed by atoms with Crippen LogP contribution in [0.15, 0.2) is 72.9 Å². The van der Waals surface area contributed by atoms with Crippen LogP contribution in [0.5, 0.6) is 0 Å². The Morgan fingerprint density at radius 2 is 1.73 bits per heavy atom. The second-order valence-corrected chi connectivity index (χ2v) is 6.68. The molecule has 0 atom stereocenters. The molecule has 128 valence electrons. The topological polar surface area (TPSA) is 34.9 Å². The Hall–Kier alpha value is -3.20. The number of hydrogen-bond acceptors (Lipinski definition) is 2. The zero-order chi connectivity index (χ0) is 18.1. The molecule has 0 N–H and O–H groups in total. The predicted octanol–water partition coefficient (Wildman–Crippen LogP) is 4.93. The largest absolute Gasteiger partial charge is 0.338 e. The molecule has 0 amide bonds. The third kappa shape index (κ3) is 3.04. The number of aryl methyl sites for hydroxylation is 2. The van der Waals surface area contributed by atoms with Gasteiger partial charge in [-0.15, -0.1) is 0 Å². The molecule has 2 aromatic heterocycles. The Bertz CT molecular complexity index is 1090. The van der Waals surface area contributed by atoms with Gasteiger partial charge in [0.1, 0.15) is 0 Å². The number of carbonyl (C=O) groups is 1. The summed E-state index contributed by atoms with van der Waals surface area (Å²) in [7, 11) is 0. The third-order valence-corrected chi connectivity index (χ3v) is 4.73. The molecule has 2 aromatic carbocycles. The van der Waals surface area contributed by atoms with Crippen LogP contribution in [0.1, 0.15) is 32.9 Å². The van der Waals surface area contributed by atoms with E-state index in [1.165, 1.54) is 0 Å². The number of pyridine rings is 1. The highest BCUT2D eigenvalue weighted by Gasteiger charge is 2.15. The maximum atomic E-state index is 13.0. The van der Waals surface area contributed by atoms with Crippen molar-refractivity contribution in [3.63, 3.8) is 0 Å². The van der Waals surface area contributed by atoms with Crippen molar-refractivity contribution in [3.8, 4) is 0 Å². The quantitative estimate of drug-likeness (QED) is 0.494. The normalized spacial score (nSPS) is 11.0. The van der Waals surface area contributed by atoms with Crippen molar-refractivity contribution in [2.45, 2.75) is 20.4 Å². The molecular weight excluding hydrogens is 320 g/mol. The van der Waals surface area contributed by atoms with Gasteiger partial charge in [-0.3, -0.25) is 9.78 Å². The van der Waals surface area contributed by atoms with Gasteiger partial charge in [0, 0.05) is 29.4 Å². The summed E-state index contributed by atoms with van der Waals surface area (Å²) in [6, 6.07) is 21.8. The minimum Gasteiger partial charge on any atom is -0.338 e. The molecule has 0 radical (unpaired) electrons. The fraction of sp³-hybridized carbons (Fsp3) is 0.130. The number of carbonyl (C=O) groups excluding carboxylic acids is 1. The van der Waals surface area contributed by atoms with Crippen molar-refractivity contribution < 1.29 is 4.79 Å². The Labute approximate surface area is 152 Å². The van der Waals surface area contributed by atoms with Crippen molar-refractivity contribution in [3.05, 3.63) is 101 Å². The molecule has 0 fully saturated rings. The lowest BCUT2D eigenvalue weighted by molar-refractivity contribution is 0.103. The molecule has 0 spiro atoms. The highest BCUT2D eigenvalue weighted by Crippen LogP contribution is 2.19. The first-order valence-corrected chi connectivity index (χ1v) is 8.73. The second kappa shape index (κ2) is 6.60. The Morgan fingerprint density at radius 3 is 2.54 bits per heavy atom. The number of para-hydroxylation sites is 1. The van der Waals surface area contributed by atoms with E-state index in [4.69, 9.17) is 0 Å². The van der Waals surface area contributed by atoms with Gasteiger partial charge in [-0.1, -0.05) is 48.0 Å². The van der Waals surface area contributed by atoms with Crippen LogP contribution in [0.3, 0.4) is 0 Å². The number of hydrogen-bond donors (Lipinski definition) is 0. The molecule has 3 heteroatoms. The van der Waals surface area contributed by atoms with Crippen molar-refractivity contribution in [2.75, 3.05) is 0 Å². The average Bonchev–Trinajstić information content (AvgIpc) is 3.02. The van der Waals surface area contributed by atoms with E-state index < -0.39 is 0 Å². The van der Waals surface area contributed by atoms with Crippen LogP contribution in [0.2, 0.25) is 0 Å². The van der Waals surface area contributed by atoms with Crippen LogP contribution in [-0.2, 0) is 6.54 Å². The summed E-state index contributed by atoms with van der Waals surface area (Å²) in [4.78, 5) is 17.5. The Balaban J connectivity index is 1.69.